The van der Waals surface area contributed by atoms with Gasteiger partial charge in [-0.25, -0.2) is 4.39 Å². The van der Waals surface area contributed by atoms with Gasteiger partial charge in [-0.05, 0) is 71.6 Å². The molecule has 0 amide bonds. The summed E-state index contributed by atoms with van der Waals surface area (Å²) in [4.78, 5) is 3.52. The predicted molar refractivity (Wildman–Crippen MR) is 116 cm³/mol. The van der Waals surface area contributed by atoms with Crippen LogP contribution < -0.4 is 0 Å². The van der Waals surface area contributed by atoms with Gasteiger partial charge in [0.15, 0.2) is 0 Å². The van der Waals surface area contributed by atoms with Crippen molar-refractivity contribution in [3.05, 3.63) is 95.3 Å². The van der Waals surface area contributed by atoms with Crippen molar-refractivity contribution in [2.75, 3.05) is 0 Å². The molecule has 0 saturated heterocycles. The molecular formula is C25H17ClFN. The Morgan fingerprint density at radius 3 is 2.18 bits per heavy atom. The average Bonchev–Trinajstić information content (AvgIpc) is 3.06. The summed E-state index contributed by atoms with van der Waals surface area (Å²) in [5.74, 6) is -0.239. The van der Waals surface area contributed by atoms with Crippen molar-refractivity contribution < 1.29 is 4.39 Å². The molecule has 0 fully saturated rings. The number of hydrogen-bond acceptors (Lipinski definition) is 0. The highest BCUT2D eigenvalue weighted by molar-refractivity contribution is 6.32. The van der Waals surface area contributed by atoms with Crippen LogP contribution in [0.4, 0.5) is 4.39 Å². The molecule has 5 aromatic rings. The van der Waals surface area contributed by atoms with E-state index < -0.39 is 0 Å². The minimum atomic E-state index is -0.239. The van der Waals surface area contributed by atoms with Crippen LogP contribution in [-0.4, -0.2) is 4.98 Å². The molecule has 0 radical (unpaired) electrons. The summed E-state index contributed by atoms with van der Waals surface area (Å²) in [6, 6.07) is 25.3. The summed E-state index contributed by atoms with van der Waals surface area (Å²) in [6.07, 6.45) is 0. The van der Waals surface area contributed by atoms with Gasteiger partial charge in [0.2, 0.25) is 0 Å². The van der Waals surface area contributed by atoms with Crippen LogP contribution in [0.2, 0.25) is 5.02 Å². The van der Waals surface area contributed by atoms with Gasteiger partial charge in [-0.1, -0.05) is 53.6 Å². The zero-order valence-corrected chi connectivity index (χ0v) is 16.0. The summed E-state index contributed by atoms with van der Waals surface area (Å²) >= 11 is 6.27. The lowest BCUT2D eigenvalue weighted by molar-refractivity contribution is 0.628. The number of halogens is 2. The fourth-order valence-electron chi connectivity index (χ4n) is 3.78. The number of benzene rings is 4. The molecule has 0 atom stereocenters. The molecule has 0 aliphatic carbocycles. The Morgan fingerprint density at radius 1 is 0.714 bits per heavy atom. The second-order valence-corrected chi connectivity index (χ2v) is 7.57. The highest BCUT2D eigenvalue weighted by Gasteiger charge is 2.14. The third kappa shape index (κ3) is 2.87. The van der Waals surface area contributed by atoms with Gasteiger partial charge in [0.25, 0.3) is 0 Å². The maximum Gasteiger partial charge on any atom is 0.123 e. The molecular weight excluding hydrogens is 369 g/mol. The van der Waals surface area contributed by atoms with Crippen molar-refractivity contribution in [3.8, 4) is 22.3 Å². The van der Waals surface area contributed by atoms with E-state index in [0.29, 0.717) is 5.02 Å². The van der Waals surface area contributed by atoms with Crippen LogP contribution in [0.1, 0.15) is 5.56 Å². The van der Waals surface area contributed by atoms with Crippen molar-refractivity contribution in [2.45, 2.75) is 6.92 Å². The Labute approximate surface area is 167 Å². The summed E-state index contributed by atoms with van der Waals surface area (Å²) in [5.41, 5.74) is 7.59. The third-order valence-corrected chi connectivity index (χ3v) is 5.43. The van der Waals surface area contributed by atoms with Gasteiger partial charge in [0.05, 0.1) is 0 Å². The van der Waals surface area contributed by atoms with Gasteiger partial charge >= 0.3 is 0 Å². The molecule has 3 heteroatoms. The van der Waals surface area contributed by atoms with Crippen LogP contribution >= 0.6 is 11.6 Å². The van der Waals surface area contributed by atoms with E-state index >= 15 is 0 Å². The molecule has 1 aromatic heterocycles. The van der Waals surface area contributed by atoms with Gasteiger partial charge in [-0.2, -0.15) is 0 Å². The summed E-state index contributed by atoms with van der Waals surface area (Å²) in [5, 5.41) is 2.86. The van der Waals surface area contributed by atoms with Crippen molar-refractivity contribution in [2.24, 2.45) is 0 Å². The summed E-state index contributed by atoms with van der Waals surface area (Å²) in [6.45, 7) is 2.08. The van der Waals surface area contributed by atoms with E-state index in [1.807, 2.05) is 30.3 Å². The standard InChI is InChI=1S/C25H17ClFN/c1-15-2-4-16(5-3-15)18-12-21(17-6-9-20(27)10-7-17)25-22-14-19(26)8-11-23(22)28-24(25)13-18/h2-14,28H,1H3. The second-order valence-electron chi connectivity index (χ2n) is 7.13. The molecule has 0 spiro atoms. The van der Waals surface area contributed by atoms with Gasteiger partial charge in [0.1, 0.15) is 5.82 Å². The largest absolute Gasteiger partial charge is 0.354 e. The fourth-order valence-corrected chi connectivity index (χ4v) is 3.95. The van der Waals surface area contributed by atoms with Crippen LogP contribution in [0, 0.1) is 12.7 Å². The van der Waals surface area contributed by atoms with E-state index in [-0.39, 0.29) is 5.82 Å². The van der Waals surface area contributed by atoms with Crippen molar-refractivity contribution >= 4 is 33.4 Å². The number of nitrogens with one attached hydrogen (secondary N) is 1. The van der Waals surface area contributed by atoms with E-state index in [1.54, 1.807) is 0 Å². The highest BCUT2D eigenvalue weighted by Crippen LogP contribution is 2.39. The van der Waals surface area contributed by atoms with Crippen LogP contribution in [0.25, 0.3) is 44.1 Å². The highest BCUT2D eigenvalue weighted by atomic mass is 35.5. The van der Waals surface area contributed by atoms with E-state index in [1.165, 1.54) is 17.7 Å². The Morgan fingerprint density at radius 2 is 1.43 bits per heavy atom. The van der Waals surface area contributed by atoms with Crippen molar-refractivity contribution in [3.63, 3.8) is 0 Å². The van der Waals surface area contributed by atoms with Crippen LogP contribution in [0.15, 0.2) is 78.9 Å². The molecule has 0 aliphatic heterocycles. The number of hydrogen-bond donors (Lipinski definition) is 1. The number of fused-ring (bicyclic) bond motifs is 3. The maximum absolute atomic E-state index is 13.5. The molecule has 0 saturated carbocycles. The van der Waals surface area contributed by atoms with Gasteiger partial charge in [-0.3, -0.25) is 0 Å². The van der Waals surface area contributed by atoms with Crippen molar-refractivity contribution in [1.82, 2.24) is 4.98 Å². The van der Waals surface area contributed by atoms with Crippen LogP contribution in [0.3, 0.4) is 0 Å². The van der Waals surface area contributed by atoms with E-state index in [4.69, 9.17) is 11.6 Å². The SMILES string of the molecule is Cc1ccc(-c2cc(-c3ccc(F)cc3)c3c(c2)[nH]c2ccc(Cl)cc23)cc1. The minimum Gasteiger partial charge on any atom is -0.354 e. The molecule has 1 heterocycles. The van der Waals surface area contributed by atoms with Gasteiger partial charge in [-0.15, -0.1) is 0 Å². The average molecular weight is 386 g/mol. The molecule has 0 unspecified atom stereocenters. The van der Waals surface area contributed by atoms with E-state index in [0.717, 1.165) is 44.1 Å². The monoisotopic (exact) mass is 385 g/mol. The maximum atomic E-state index is 13.5. The molecule has 0 aliphatic rings. The first-order valence-electron chi connectivity index (χ1n) is 9.16. The molecule has 28 heavy (non-hydrogen) atoms. The van der Waals surface area contributed by atoms with E-state index in [9.17, 15) is 4.39 Å². The first-order chi connectivity index (χ1) is 13.6. The predicted octanol–water partition coefficient (Wildman–Crippen LogP) is 7.76. The number of aromatic nitrogens is 1. The number of aromatic amines is 1. The zero-order chi connectivity index (χ0) is 19.3. The second kappa shape index (κ2) is 6.50. The lowest BCUT2D eigenvalue weighted by Crippen LogP contribution is -1.85. The first-order valence-corrected chi connectivity index (χ1v) is 9.54. The summed E-state index contributed by atoms with van der Waals surface area (Å²) in [7, 11) is 0. The third-order valence-electron chi connectivity index (χ3n) is 5.20. The number of H-pyrrole nitrogens is 1. The summed E-state index contributed by atoms with van der Waals surface area (Å²) < 4.78 is 13.5. The molecule has 1 N–H and O–H groups in total. The molecule has 5 rings (SSSR count). The molecule has 0 bridgehead atoms. The van der Waals surface area contributed by atoms with Crippen molar-refractivity contribution in [1.29, 1.82) is 0 Å². The normalized spacial score (nSPS) is 11.4. The Hall–Kier alpha value is -3.10. The minimum absolute atomic E-state index is 0.239. The fraction of sp³-hybridized carbons (Fsp3) is 0.0400. The quantitative estimate of drug-likeness (QED) is 0.319. The lowest BCUT2D eigenvalue weighted by atomic mass is 9.94. The zero-order valence-electron chi connectivity index (χ0n) is 15.3. The molecule has 1 nitrogen and oxygen atoms in total. The number of aryl methyl sites for hydroxylation is 1. The lowest BCUT2D eigenvalue weighted by Gasteiger charge is -2.10. The van der Waals surface area contributed by atoms with Gasteiger partial charge in [0, 0.05) is 26.8 Å². The van der Waals surface area contributed by atoms with Crippen LogP contribution in [0.5, 0.6) is 0 Å². The Bertz CT molecular complexity index is 1320. The van der Waals surface area contributed by atoms with Gasteiger partial charge < -0.3 is 4.98 Å². The Kier molecular flexibility index (Phi) is 3.96. The van der Waals surface area contributed by atoms with Crippen LogP contribution in [-0.2, 0) is 0 Å². The topological polar surface area (TPSA) is 15.8 Å². The van der Waals surface area contributed by atoms with E-state index in [2.05, 4.69) is 48.3 Å². The first kappa shape index (κ1) is 17.0. The molecule has 136 valence electrons. The number of rotatable bonds is 2. The molecule has 4 aromatic carbocycles. The smallest absolute Gasteiger partial charge is 0.123 e. The Balaban J connectivity index is 1.86.